The van der Waals surface area contributed by atoms with Gasteiger partial charge in [-0.05, 0) is 30.5 Å². The van der Waals surface area contributed by atoms with Crippen LogP contribution in [0.15, 0.2) is 6.07 Å². The Labute approximate surface area is 115 Å². The number of anilines is 1. The molecule has 0 saturated carbocycles. The van der Waals surface area contributed by atoms with Gasteiger partial charge in [-0.15, -0.1) is 0 Å². The summed E-state index contributed by atoms with van der Waals surface area (Å²) >= 11 is 0. The quantitative estimate of drug-likeness (QED) is 0.750. The van der Waals surface area contributed by atoms with Crippen molar-refractivity contribution in [2.45, 2.75) is 26.3 Å². The van der Waals surface area contributed by atoms with Crippen LogP contribution in [-0.2, 0) is 16.0 Å². The van der Waals surface area contributed by atoms with E-state index in [0.717, 1.165) is 0 Å². The average molecular weight is 284 g/mol. The minimum absolute atomic E-state index is 0.0470. The first-order valence-corrected chi connectivity index (χ1v) is 5.89. The lowest BCUT2D eigenvalue weighted by Crippen LogP contribution is -2.32. The molecule has 7 heteroatoms. The molecule has 0 aliphatic rings. The molecule has 110 valence electrons. The fourth-order valence-corrected chi connectivity index (χ4v) is 1.84. The van der Waals surface area contributed by atoms with Gasteiger partial charge in [0, 0.05) is 6.92 Å². The van der Waals surface area contributed by atoms with Crippen molar-refractivity contribution in [3.63, 3.8) is 0 Å². The number of hydrogen-bond acceptors (Lipinski definition) is 4. The number of ether oxygens (including phenoxy) is 1. The summed E-state index contributed by atoms with van der Waals surface area (Å²) in [6, 6.07) is 0.0223. The molecule has 0 aliphatic heterocycles. The maximum atomic E-state index is 13.9. The molecular formula is C13H17FN2O4. The second kappa shape index (κ2) is 6.33. The van der Waals surface area contributed by atoms with Crippen LogP contribution in [0.4, 0.5) is 10.1 Å². The van der Waals surface area contributed by atoms with Gasteiger partial charge in [0.15, 0.2) is 11.6 Å². The molecule has 6 nitrogen and oxygen atoms in total. The van der Waals surface area contributed by atoms with Gasteiger partial charge in [0.05, 0.1) is 12.8 Å². The predicted octanol–water partition coefficient (Wildman–Crippen LogP) is 1.06. The first-order valence-electron chi connectivity index (χ1n) is 5.89. The molecule has 0 spiro atoms. The van der Waals surface area contributed by atoms with Crippen molar-refractivity contribution in [2.75, 3.05) is 12.4 Å². The maximum Gasteiger partial charge on any atom is 0.320 e. The van der Waals surface area contributed by atoms with Crippen LogP contribution in [0.25, 0.3) is 0 Å². The van der Waals surface area contributed by atoms with Crippen molar-refractivity contribution in [2.24, 2.45) is 5.73 Å². The van der Waals surface area contributed by atoms with Crippen LogP contribution >= 0.6 is 0 Å². The molecule has 0 fully saturated rings. The van der Waals surface area contributed by atoms with Gasteiger partial charge in [0.25, 0.3) is 0 Å². The Morgan fingerprint density at radius 3 is 2.60 bits per heavy atom. The van der Waals surface area contributed by atoms with Gasteiger partial charge in [-0.25, -0.2) is 4.39 Å². The van der Waals surface area contributed by atoms with Crippen LogP contribution in [0.1, 0.15) is 18.1 Å². The molecule has 1 aromatic carbocycles. The molecule has 1 aromatic rings. The summed E-state index contributed by atoms with van der Waals surface area (Å²) in [4.78, 5) is 22.0. The normalized spacial score (nSPS) is 11.8. The Balaban J connectivity index is 3.30. The molecule has 0 aliphatic carbocycles. The van der Waals surface area contributed by atoms with E-state index in [1.54, 1.807) is 6.92 Å². The zero-order chi connectivity index (χ0) is 15.4. The van der Waals surface area contributed by atoms with Gasteiger partial charge in [0.1, 0.15) is 6.04 Å². The van der Waals surface area contributed by atoms with Gasteiger partial charge in [0.2, 0.25) is 5.91 Å². The molecule has 1 atom stereocenters. The van der Waals surface area contributed by atoms with Crippen LogP contribution in [0.2, 0.25) is 0 Å². The summed E-state index contributed by atoms with van der Waals surface area (Å²) in [7, 11) is 1.28. The number of nitrogens with one attached hydrogen (secondary N) is 1. The number of aliphatic carboxylic acids is 1. The van der Waals surface area contributed by atoms with Crippen molar-refractivity contribution in [1.82, 2.24) is 0 Å². The summed E-state index contributed by atoms with van der Waals surface area (Å²) in [5, 5.41) is 11.3. The van der Waals surface area contributed by atoms with Crippen molar-refractivity contribution >= 4 is 17.6 Å². The highest BCUT2D eigenvalue weighted by Crippen LogP contribution is 2.34. The highest BCUT2D eigenvalue weighted by molar-refractivity contribution is 5.92. The first-order chi connectivity index (χ1) is 9.27. The number of carboxylic acids is 1. The number of methoxy groups -OCH3 is 1. The fraction of sp³-hybridized carbons (Fsp3) is 0.385. The second-order valence-corrected chi connectivity index (χ2v) is 4.38. The third kappa shape index (κ3) is 3.45. The summed E-state index contributed by atoms with van der Waals surface area (Å²) in [6.07, 6.45) is -0.0470. The molecule has 0 aromatic heterocycles. The second-order valence-electron chi connectivity index (χ2n) is 4.38. The van der Waals surface area contributed by atoms with E-state index in [1.807, 2.05) is 0 Å². The van der Waals surface area contributed by atoms with Crippen LogP contribution in [0.3, 0.4) is 0 Å². The molecular weight excluding hydrogens is 267 g/mol. The van der Waals surface area contributed by atoms with E-state index in [2.05, 4.69) is 5.32 Å². The van der Waals surface area contributed by atoms with E-state index in [4.69, 9.17) is 15.6 Å². The largest absolute Gasteiger partial charge is 0.492 e. The lowest BCUT2D eigenvalue weighted by molar-refractivity contribution is -0.138. The van der Waals surface area contributed by atoms with E-state index in [0.29, 0.717) is 11.1 Å². The van der Waals surface area contributed by atoms with E-state index >= 15 is 0 Å². The number of carbonyl (C=O) groups is 2. The molecule has 20 heavy (non-hydrogen) atoms. The molecule has 1 rings (SSSR count). The zero-order valence-corrected chi connectivity index (χ0v) is 11.5. The van der Waals surface area contributed by atoms with E-state index in [1.165, 1.54) is 20.1 Å². The van der Waals surface area contributed by atoms with Crippen molar-refractivity contribution in [1.29, 1.82) is 0 Å². The highest BCUT2D eigenvalue weighted by atomic mass is 19.1. The molecule has 0 saturated heterocycles. The number of rotatable bonds is 5. The monoisotopic (exact) mass is 284 g/mol. The predicted molar refractivity (Wildman–Crippen MR) is 71.3 cm³/mol. The number of carboxylic acid groups (broad SMARTS) is 1. The number of hydrogen-bond donors (Lipinski definition) is 3. The minimum Gasteiger partial charge on any atom is -0.492 e. The van der Waals surface area contributed by atoms with E-state index in [-0.39, 0.29) is 23.8 Å². The third-order valence-electron chi connectivity index (χ3n) is 2.86. The zero-order valence-electron chi connectivity index (χ0n) is 11.5. The van der Waals surface area contributed by atoms with Crippen molar-refractivity contribution in [3.8, 4) is 5.75 Å². The van der Waals surface area contributed by atoms with Gasteiger partial charge < -0.3 is 20.9 Å². The first kappa shape index (κ1) is 15.9. The summed E-state index contributed by atoms with van der Waals surface area (Å²) in [6.45, 7) is 2.92. The van der Waals surface area contributed by atoms with Gasteiger partial charge in [-0.3, -0.25) is 9.59 Å². The Bertz CT molecular complexity index is 546. The fourth-order valence-electron chi connectivity index (χ4n) is 1.84. The maximum absolute atomic E-state index is 13.9. The van der Waals surface area contributed by atoms with Crippen LogP contribution in [-0.4, -0.2) is 30.1 Å². The third-order valence-corrected chi connectivity index (χ3v) is 2.86. The van der Waals surface area contributed by atoms with Crippen molar-refractivity contribution < 1.29 is 23.8 Å². The number of benzene rings is 1. The van der Waals surface area contributed by atoms with Gasteiger partial charge in [-0.2, -0.15) is 0 Å². The van der Waals surface area contributed by atoms with E-state index in [9.17, 15) is 14.0 Å². The standard InChI is InChI=1S/C13H17FN2O4/c1-6-8(5-10(15)13(18)19)4-9(14)12(20-3)11(6)16-7(2)17/h4,10H,5,15H2,1-3H3,(H,16,17)(H,18,19). The van der Waals surface area contributed by atoms with Gasteiger partial charge >= 0.3 is 5.97 Å². The number of carbonyl (C=O) groups excluding carboxylic acids is 1. The topological polar surface area (TPSA) is 102 Å². The lowest BCUT2D eigenvalue weighted by atomic mass is 9.99. The smallest absolute Gasteiger partial charge is 0.320 e. The van der Waals surface area contributed by atoms with Crippen LogP contribution in [0.5, 0.6) is 5.75 Å². The Kier molecular flexibility index (Phi) is 5.04. The lowest BCUT2D eigenvalue weighted by Gasteiger charge is -2.17. The van der Waals surface area contributed by atoms with Gasteiger partial charge in [-0.1, -0.05) is 0 Å². The molecule has 4 N–H and O–H groups in total. The Hall–Kier alpha value is -2.15. The molecule has 0 heterocycles. The van der Waals surface area contributed by atoms with Crippen LogP contribution in [0, 0.1) is 12.7 Å². The minimum atomic E-state index is -1.18. The highest BCUT2D eigenvalue weighted by Gasteiger charge is 2.20. The van der Waals surface area contributed by atoms with Crippen molar-refractivity contribution in [3.05, 3.63) is 23.0 Å². The summed E-state index contributed by atoms with van der Waals surface area (Å²) in [5.41, 5.74) is 6.56. The SMILES string of the molecule is COc1c(F)cc(CC(N)C(=O)O)c(C)c1NC(C)=O. The molecule has 1 unspecified atom stereocenters. The number of amides is 1. The van der Waals surface area contributed by atoms with Crippen LogP contribution < -0.4 is 15.8 Å². The molecule has 1 amide bonds. The number of halogens is 1. The summed E-state index contributed by atoms with van der Waals surface area (Å²) < 4.78 is 18.9. The molecule has 0 radical (unpaired) electrons. The number of nitrogens with two attached hydrogens (primary N) is 1. The summed E-state index contributed by atoms with van der Waals surface area (Å²) in [5.74, 6) is -2.34. The Morgan fingerprint density at radius 1 is 1.55 bits per heavy atom. The Morgan fingerprint density at radius 2 is 2.15 bits per heavy atom. The molecule has 0 bridgehead atoms. The van der Waals surface area contributed by atoms with E-state index < -0.39 is 17.8 Å². The average Bonchev–Trinajstić information content (AvgIpc) is 2.34.